The quantitative estimate of drug-likeness (QED) is 0.676. The van der Waals surface area contributed by atoms with E-state index in [-0.39, 0.29) is 11.9 Å². The Bertz CT molecular complexity index is 747. The third-order valence-electron chi connectivity index (χ3n) is 4.68. The minimum Gasteiger partial charge on any atom is -0.493 e. The zero-order chi connectivity index (χ0) is 20.5. The molecule has 0 fully saturated rings. The Hall–Kier alpha value is -2.53. The summed E-state index contributed by atoms with van der Waals surface area (Å²) in [5.41, 5.74) is 8.35. The van der Waals surface area contributed by atoms with Gasteiger partial charge < -0.3 is 20.1 Å². The van der Waals surface area contributed by atoms with E-state index in [4.69, 9.17) is 15.2 Å². The first-order valence-corrected chi connectivity index (χ1v) is 9.73. The average Bonchev–Trinajstić information content (AvgIpc) is 2.71. The minimum absolute atomic E-state index is 0.0885. The van der Waals surface area contributed by atoms with E-state index in [1.807, 2.05) is 53.4 Å². The van der Waals surface area contributed by atoms with Crippen molar-refractivity contribution in [2.75, 3.05) is 27.3 Å². The maximum Gasteiger partial charge on any atom is 0.224 e. The highest BCUT2D eigenvalue weighted by atomic mass is 16.5. The number of benzene rings is 2. The van der Waals surface area contributed by atoms with E-state index in [2.05, 4.69) is 13.8 Å². The summed E-state index contributed by atoms with van der Waals surface area (Å²) in [6.45, 7) is 5.60. The molecule has 0 heterocycles. The van der Waals surface area contributed by atoms with Crippen LogP contribution in [0.15, 0.2) is 48.5 Å². The molecule has 0 aromatic heterocycles. The predicted molar refractivity (Wildman–Crippen MR) is 113 cm³/mol. The predicted octanol–water partition coefficient (Wildman–Crippen LogP) is 3.82. The van der Waals surface area contributed by atoms with Gasteiger partial charge in [0, 0.05) is 25.6 Å². The molecule has 0 bridgehead atoms. The van der Waals surface area contributed by atoms with Gasteiger partial charge in [-0.2, -0.15) is 0 Å². The molecule has 2 N–H and O–H groups in total. The Morgan fingerprint density at radius 3 is 2.32 bits per heavy atom. The van der Waals surface area contributed by atoms with Crippen LogP contribution in [0, 0.1) is 5.92 Å². The molecule has 5 heteroatoms. The van der Waals surface area contributed by atoms with Crippen LogP contribution in [0.4, 0.5) is 0 Å². The first-order valence-electron chi connectivity index (χ1n) is 9.73. The molecule has 0 aliphatic carbocycles. The molecule has 1 atom stereocenters. The highest BCUT2D eigenvalue weighted by Gasteiger charge is 2.19. The fourth-order valence-corrected chi connectivity index (χ4v) is 3.19. The number of nitrogens with two attached hydrogens (primary N) is 1. The molecule has 152 valence electrons. The number of nitrogens with zero attached hydrogens (tertiary/aromatic N) is 1. The van der Waals surface area contributed by atoms with Crippen molar-refractivity contribution < 1.29 is 14.3 Å². The van der Waals surface area contributed by atoms with E-state index in [1.165, 1.54) is 0 Å². The van der Waals surface area contributed by atoms with Crippen molar-refractivity contribution in [2.24, 2.45) is 11.7 Å². The standard InChI is InChI=1S/C23H32N2O3/c1-17(2)16-25(23(26)15-20(24)19-8-6-5-7-9-19)13-12-18-10-11-21(27-3)22(14-18)28-4/h5-11,14,17,20H,12-13,15-16,24H2,1-4H3. The van der Waals surface area contributed by atoms with Crippen LogP contribution in [0.5, 0.6) is 11.5 Å². The fraction of sp³-hybridized carbons (Fsp3) is 0.435. The largest absolute Gasteiger partial charge is 0.493 e. The van der Waals surface area contributed by atoms with Crippen molar-refractivity contribution in [3.8, 4) is 11.5 Å². The van der Waals surface area contributed by atoms with Gasteiger partial charge in [0.1, 0.15) is 0 Å². The van der Waals surface area contributed by atoms with E-state index < -0.39 is 0 Å². The lowest BCUT2D eigenvalue weighted by molar-refractivity contribution is -0.132. The number of methoxy groups -OCH3 is 2. The number of amides is 1. The number of rotatable bonds is 10. The summed E-state index contributed by atoms with van der Waals surface area (Å²) in [7, 11) is 3.25. The normalized spacial score (nSPS) is 11.9. The molecule has 0 spiro atoms. The minimum atomic E-state index is -0.288. The lowest BCUT2D eigenvalue weighted by Gasteiger charge is -2.26. The Morgan fingerprint density at radius 2 is 1.71 bits per heavy atom. The van der Waals surface area contributed by atoms with Crippen LogP contribution >= 0.6 is 0 Å². The molecule has 0 saturated heterocycles. The third-order valence-corrected chi connectivity index (χ3v) is 4.68. The van der Waals surface area contributed by atoms with Crippen LogP contribution in [0.3, 0.4) is 0 Å². The van der Waals surface area contributed by atoms with Crippen molar-refractivity contribution in [1.29, 1.82) is 0 Å². The Balaban J connectivity index is 2.03. The molecule has 5 nitrogen and oxygen atoms in total. The molecule has 0 radical (unpaired) electrons. The Morgan fingerprint density at radius 1 is 1.04 bits per heavy atom. The summed E-state index contributed by atoms with van der Waals surface area (Å²) < 4.78 is 10.7. The Kier molecular flexibility index (Phi) is 8.33. The van der Waals surface area contributed by atoms with Gasteiger partial charge in [-0.3, -0.25) is 4.79 Å². The summed E-state index contributed by atoms with van der Waals surface area (Å²) in [6.07, 6.45) is 1.06. The zero-order valence-corrected chi connectivity index (χ0v) is 17.4. The van der Waals surface area contributed by atoms with E-state index in [1.54, 1.807) is 14.2 Å². The van der Waals surface area contributed by atoms with E-state index in [0.717, 1.165) is 17.5 Å². The summed E-state index contributed by atoms with van der Waals surface area (Å²) in [4.78, 5) is 14.8. The van der Waals surface area contributed by atoms with Gasteiger partial charge >= 0.3 is 0 Å². The SMILES string of the molecule is COc1ccc(CCN(CC(C)C)C(=O)CC(N)c2ccccc2)cc1OC. The molecule has 1 unspecified atom stereocenters. The number of carbonyl (C=O) groups is 1. The van der Waals surface area contributed by atoms with Gasteiger partial charge in [0.05, 0.1) is 14.2 Å². The number of hydrogen-bond donors (Lipinski definition) is 1. The van der Waals surface area contributed by atoms with Crippen molar-refractivity contribution in [3.05, 3.63) is 59.7 Å². The maximum atomic E-state index is 12.9. The second kappa shape index (κ2) is 10.7. The molecule has 28 heavy (non-hydrogen) atoms. The first-order chi connectivity index (χ1) is 13.4. The van der Waals surface area contributed by atoms with Crippen LogP contribution in [-0.2, 0) is 11.2 Å². The monoisotopic (exact) mass is 384 g/mol. The smallest absolute Gasteiger partial charge is 0.224 e. The maximum absolute atomic E-state index is 12.9. The van der Waals surface area contributed by atoms with Crippen molar-refractivity contribution in [1.82, 2.24) is 4.90 Å². The van der Waals surface area contributed by atoms with Crippen molar-refractivity contribution in [3.63, 3.8) is 0 Å². The van der Waals surface area contributed by atoms with Gasteiger partial charge in [-0.1, -0.05) is 50.2 Å². The van der Waals surface area contributed by atoms with Gasteiger partial charge in [0.15, 0.2) is 11.5 Å². The van der Waals surface area contributed by atoms with Gasteiger partial charge in [-0.15, -0.1) is 0 Å². The lowest BCUT2D eigenvalue weighted by atomic mass is 10.0. The van der Waals surface area contributed by atoms with Gasteiger partial charge in [-0.05, 0) is 35.6 Å². The highest BCUT2D eigenvalue weighted by molar-refractivity contribution is 5.77. The first kappa shape index (κ1) is 21.8. The molecule has 2 aromatic carbocycles. The third kappa shape index (κ3) is 6.27. The highest BCUT2D eigenvalue weighted by Crippen LogP contribution is 2.27. The van der Waals surface area contributed by atoms with Gasteiger partial charge in [0.2, 0.25) is 5.91 Å². The number of ether oxygens (including phenoxy) is 2. The summed E-state index contributed by atoms with van der Waals surface area (Å²) >= 11 is 0. The summed E-state index contributed by atoms with van der Waals surface area (Å²) in [5.74, 6) is 1.89. The Labute approximate surface area is 168 Å². The van der Waals surface area contributed by atoms with E-state index >= 15 is 0 Å². The van der Waals surface area contributed by atoms with Crippen LogP contribution in [-0.4, -0.2) is 38.1 Å². The summed E-state index contributed by atoms with van der Waals surface area (Å²) in [5, 5.41) is 0. The second-order valence-corrected chi connectivity index (χ2v) is 7.39. The average molecular weight is 385 g/mol. The molecule has 0 aliphatic rings. The molecular weight excluding hydrogens is 352 g/mol. The molecule has 1 amide bonds. The number of hydrogen-bond acceptors (Lipinski definition) is 4. The topological polar surface area (TPSA) is 64.8 Å². The van der Waals surface area contributed by atoms with E-state index in [9.17, 15) is 4.79 Å². The van der Waals surface area contributed by atoms with Gasteiger partial charge in [-0.25, -0.2) is 0 Å². The van der Waals surface area contributed by atoms with Gasteiger partial charge in [0.25, 0.3) is 0 Å². The molecule has 0 aliphatic heterocycles. The second-order valence-electron chi connectivity index (χ2n) is 7.39. The molecule has 2 rings (SSSR count). The van der Waals surface area contributed by atoms with Crippen LogP contribution < -0.4 is 15.2 Å². The van der Waals surface area contributed by atoms with Crippen LogP contribution in [0.2, 0.25) is 0 Å². The summed E-state index contributed by atoms with van der Waals surface area (Å²) in [6, 6.07) is 15.4. The molecule has 0 saturated carbocycles. The van der Waals surface area contributed by atoms with E-state index in [0.29, 0.717) is 36.9 Å². The van der Waals surface area contributed by atoms with Crippen LogP contribution in [0.25, 0.3) is 0 Å². The zero-order valence-electron chi connectivity index (χ0n) is 17.4. The van der Waals surface area contributed by atoms with Crippen molar-refractivity contribution >= 4 is 5.91 Å². The van der Waals surface area contributed by atoms with Crippen LogP contribution in [0.1, 0.15) is 37.4 Å². The fourth-order valence-electron chi connectivity index (χ4n) is 3.19. The lowest BCUT2D eigenvalue weighted by Crippen LogP contribution is -2.37. The molecule has 2 aromatic rings. The van der Waals surface area contributed by atoms with Crippen molar-refractivity contribution in [2.45, 2.75) is 32.7 Å². The molecular formula is C23H32N2O3. The number of carbonyl (C=O) groups excluding carboxylic acids is 1.